The molecule has 0 spiro atoms. The topological polar surface area (TPSA) is 39.4 Å². The van der Waals surface area contributed by atoms with Crippen LogP contribution in [0.4, 0.5) is 0 Å². The normalized spacial score (nSPS) is 11.6. The number of imidazole rings is 1. The van der Waals surface area contributed by atoms with Gasteiger partial charge in [-0.25, -0.2) is 4.79 Å². The number of fused-ring (bicyclic) bond motifs is 1. The first-order valence-corrected chi connectivity index (χ1v) is 6.47. The number of nitrogens with zero attached hydrogens (tertiary/aromatic N) is 3. The van der Waals surface area contributed by atoms with Crippen LogP contribution in [0, 0.1) is 0 Å². The first-order chi connectivity index (χ1) is 9.15. The van der Waals surface area contributed by atoms with E-state index in [1.165, 1.54) is 0 Å². The molecule has 0 bridgehead atoms. The van der Waals surface area contributed by atoms with Crippen LogP contribution in [0.1, 0.15) is 6.42 Å². The summed E-state index contributed by atoms with van der Waals surface area (Å²) >= 11 is 0. The highest BCUT2D eigenvalue weighted by Gasteiger charge is 2.11. The average molecular weight is 263 g/mol. The Kier molecular flexibility index (Phi) is 4.39. The molecule has 0 saturated carbocycles. The fraction of sp³-hybridized carbons (Fsp3) is 0.500. The molecule has 0 atom stereocenters. The predicted molar refractivity (Wildman–Crippen MR) is 76.3 cm³/mol. The van der Waals surface area contributed by atoms with Gasteiger partial charge < -0.3 is 4.74 Å². The molecule has 19 heavy (non-hydrogen) atoms. The van der Waals surface area contributed by atoms with Crippen LogP contribution in [0.5, 0.6) is 0 Å². The van der Waals surface area contributed by atoms with Crippen molar-refractivity contribution in [3.63, 3.8) is 0 Å². The number of aryl methyl sites for hydroxylation is 1. The van der Waals surface area contributed by atoms with Crippen LogP contribution in [0.25, 0.3) is 11.0 Å². The second-order valence-corrected chi connectivity index (χ2v) is 4.83. The summed E-state index contributed by atoms with van der Waals surface area (Å²) in [5, 5.41) is 0. The van der Waals surface area contributed by atoms with Crippen molar-refractivity contribution in [2.45, 2.75) is 13.1 Å². The summed E-state index contributed by atoms with van der Waals surface area (Å²) in [5.74, 6) is 0. The number of para-hydroxylation sites is 2. The zero-order chi connectivity index (χ0) is 13.8. The largest absolute Gasteiger partial charge is 0.385 e. The zero-order valence-electron chi connectivity index (χ0n) is 11.8. The lowest BCUT2D eigenvalue weighted by molar-refractivity contribution is 0.170. The summed E-state index contributed by atoms with van der Waals surface area (Å²) in [6, 6.07) is 7.87. The molecule has 0 saturated heterocycles. The molecule has 1 heterocycles. The number of methoxy groups -OCH3 is 1. The number of hydrogen-bond donors (Lipinski definition) is 0. The monoisotopic (exact) mass is 263 g/mol. The maximum Gasteiger partial charge on any atom is 0.329 e. The molecule has 104 valence electrons. The van der Waals surface area contributed by atoms with Crippen LogP contribution in [0.2, 0.25) is 0 Å². The van der Waals surface area contributed by atoms with Crippen LogP contribution >= 0.6 is 0 Å². The molecule has 0 N–H and O–H groups in total. The average Bonchev–Trinajstić information content (AvgIpc) is 2.65. The molecule has 0 unspecified atom stereocenters. The van der Waals surface area contributed by atoms with E-state index >= 15 is 0 Å². The van der Waals surface area contributed by atoms with Crippen molar-refractivity contribution in [1.29, 1.82) is 0 Å². The maximum absolute atomic E-state index is 12.2. The Labute approximate surface area is 113 Å². The van der Waals surface area contributed by atoms with Crippen molar-refractivity contribution in [3.8, 4) is 0 Å². The van der Waals surface area contributed by atoms with Gasteiger partial charge in [0.2, 0.25) is 0 Å². The van der Waals surface area contributed by atoms with E-state index in [2.05, 4.69) is 4.90 Å². The molecular formula is C14H21N3O2. The summed E-state index contributed by atoms with van der Waals surface area (Å²) < 4.78 is 8.54. The predicted octanol–water partition coefficient (Wildman–Crippen LogP) is 1.27. The van der Waals surface area contributed by atoms with Gasteiger partial charge >= 0.3 is 5.69 Å². The fourth-order valence-electron chi connectivity index (χ4n) is 2.29. The Morgan fingerprint density at radius 1 is 1.26 bits per heavy atom. The van der Waals surface area contributed by atoms with Gasteiger partial charge in [0.15, 0.2) is 0 Å². The third kappa shape index (κ3) is 2.88. The van der Waals surface area contributed by atoms with Crippen LogP contribution in [-0.2, 0) is 18.5 Å². The second kappa shape index (κ2) is 6.04. The number of ether oxygens (including phenoxy) is 1. The first kappa shape index (κ1) is 13.8. The molecule has 0 aliphatic rings. The van der Waals surface area contributed by atoms with E-state index in [4.69, 9.17) is 4.74 Å². The van der Waals surface area contributed by atoms with Gasteiger partial charge in [0.25, 0.3) is 0 Å². The number of aromatic nitrogens is 2. The Morgan fingerprint density at radius 2 is 1.95 bits per heavy atom. The highest BCUT2D eigenvalue weighted by atomic mass is 16.5. The molecule has 1 aromatic heterocycles. The highest BCUT2D eigenvalue weighted by Crippen LogP contribution is 2.11. The van der Waals surface area contributed by atoms with Gasteiger partial charge in [0.1, 0.15) is 0 Å². The van der Waals surface area contributed by atoms with Gasteiger partial charge in [0, 0.05) is 27.3 Å². The molecule has 0 fully saturated rings. The van der Waals surface area contributed by atoms with Crippen molar-refractivity contribution < 1.29 is 4.74 Å². The number of rotatable bonds is 6. The van der Waals surface area contributed by atoms with Gasteiger partial charge in [-0.3, -0.25) is 14.0 Å². The Hall–Kier alpha value is -1.59. The van der Waals surface area contributed by atoms with E-state index in [1.807, 2.05) is 42.9 Å². The SMILES string of the molecule is COCCCN(C)Cn1c(=O)n(C)c2ccccc21. The van der Waals surface area contributed by atoms with Crippen molar-refractivity contribution in [1.82, 2.24) is 14.0 Å². The fourth-order valence-corrected chi connectivity index (χ4v) is 2.29. The Bertz CT molecular complexity index is 600. The lowest BCUT2D eigenvalue weighted by Crippen LogP contribution is -2.31. The molecule has 1 aromatic carbocycles. The summed E-state index contributed by atoms with van der Waals surface area (Å²) in [7, 11) is 5.53. The third-order valence-corrected chi connectivity index (χ3v) is 3.32. The minimum atomic E-state index is 0.0276. The first-order valence-electron chi connectivity index (χ1n) is 6.47. The number of hydrogen-bond acceptors (Lipinski definition) is 3. The molecule has 0 amide bonds. The number of benzene rings is 1. The van der Waals surface area contributed by atoms with E-state index in [1.54, 1.807) is 11.7 Å². The Balaban J connectivity index is 2.21. The van der Waals surface area contributed by atoms with Crippen molar-refractivity contribution in [2.75, 3.05) is 27.3 Å². The van der Waals surface area contributed by atoms with Gasteiger partial charge in [-0.1, -0.05) is 12.1 Å². The van der Waals surface area contributed by atoms with Crippen LogP contribution in [-0.4, -0.2) is 41.3 Å². The van der Waals surface area contributed by atoms with Crippen molar-refractivity contribution in [3.05, 3.63) is 34.7 Å². The van der Waals surface area contributed by atoms with Crippen molar-refractivity contribution >= 4 is 11.0 Å². The van der Waals surface area contributed by atoms with E-state index in [0.29, 0.717) is 6.67 Å². The van der Waals surface area contributed by atoms with Gasteiger partial charge in [-0.05, 0) is 25.6 Å². The molecule has 0 aliphatic carbocycles. The van der Waals surface area contributed by atoms with Crippen LogP contribution in [0.3, 0.4) is 0 Å². The lowest BCUT2D eigenvalue weighted by Gasteiger charge is -2.16. The Morgan fingerprint density at radius 3 is 2.63 bits per heavy atom. The lowest BCUT2D eigenvalue weighted by atomic mass is 10.3. The summed E-state index contributed by atoms with van der Waals surface area (Å²) in [6.45, 7) is 2.25. The summed E-state index contributed by atoms with van der Waals surface area (Å²) in [5.41, 5.74) is 1.98. The van der Waals surface area contributed by atoms with E-state index in [0.717, 1.165) is 30.6 Å². The molecule has 0 aliphatic heterocycles. The van der Waals surface area contributed by atoms with Gasteiger partial charge in [-0.15, -0.1) is 0 Å². The van der Waals surface area contributed by atoms with E-state index in [9.17, 15) is 4.79 Å². The smallest absolute Gasteiger partial charge is 0.329 e. The quantitative estimate of drug-likeness (QED) is 0.737. The van der Waals surface area contributed by atoms with Crippen LogP contribution in [0.15, 0.2) is 29.1 Å². The maximum atomic E-state index is 12.2. The highest BCUT2D eigenvalue weighted by molar-refractivity contribution is 5.75. The van der Waals surface area contributed by atoms with Gasteiger partial charge in [0.05, 0.1) is 17.7 Å². The summed E-state index contributed by atoms with van der Waals surface area (Å²) in [4.78, 5) is 14.4. The molecule has 2 aromatic rings. The standard InChI is InChI=1S/C14H21N3O2/c1-15(9-6-10-19-3)11-17-13-8-5-4-7-12(13)16(2)14(17)18/h4-5,7-8H,6,9-11H2,1-3H3. The molecule has 0 radical (unpaired) electrons. The van der Waals surface area contributed by atoms with Gasteiger partial charge in [-0.2, -0.15) is 0 Å². The van der Waals surface area contributed by atoms with E-state index < -0.39 is 0 Å². The second-order valence-electron chi connectivity index (χ2n) is 4.83. The van der Waals surface area contributed by atoms with E-state index in [-0.39, 0.29) is 5.69 Å². The summed E-state index contributed by atoms with van der Waals surface area (Å²) in [6.07, 6.45) is 0.965. The van der Waals surface area contributed by atoms with Crippen molar-refractivity contribution in [2.24, 2.45) is 7.05 Å². The molecule has 5 heteroatoms. The minimum Gasteiger partial charge on any atom is -0.385 e. The molecule has 2 rings (SSSR count). The zero-order valence-corrected chi connectivity index (χ0v) is 11.8. The molecule has 5 nitrogen and oxygen atoms in total. The van der Waals surface area contributed by atoms with Crippen LogP contribution < -0.4 is 5.69 Å². The minimum absolute atomic E-state index is 0.0276. The third-order valence-electron chi connectivity index (χ3n) is 3.32. The molecular weight excluding hydrogens is 242 g/mol.